The van der Waals surface area contributed by atoms with Crippen molar-refractivity contribution < 1.29 is 14.5 Å². The molecular weight excluding hydrogens is 314 g/mol. The number of nitrogens with one attached hydrogen (secondary N) is 2. The van der Waals surface area contributed by atoms with Gasteiger partial charge in [0.2, 0.25) is 11.8 Å². The maximum atomic E-state index is 12.4. The molecule has 5 heteroatoms. The third-order valence-electron chi connectivity index (χ3n) is 5.30. The lowest BCUT2D eigenvalue weighted by molar-refractivity contribution is -0.896. The summed E-state index contributed by atoms with van der Waals surface area (Å²) in [6.45, 7) is 12.9. The van der Waals surface area contributed by atoms with E-state index in [4.69, 9.17) is 0 Å². The second-order valence-electron chi connectivity index (χ2n) is 7.03. The fourth-order valence-corrected chi connectivity index (χ4v) is 3.32. The molecule has 0 spiro atoms. The van der Waals surface area contributed by atoms with Gasteiger partial charge in [0.05, 0.1) is 25.6 Å². The van der Waals surface area contributed by atoms with Gasteiger partial charge in [0.15, 0.2) is 0 Å². The Hall–Kier alpha value is -1.88. The summed E-state index contributed by atoms with van der Waals surface area (Å²) in [5.41, 5.74) is 3.27. The molecule has 0 aromatic heterocycles. The Balaban J connectivity index is 1.84. The molecular formula is C20H32N3O2+. The van der Waals surface area contributed by atoms with E-state index in [1.54, 1.807) is 9.80 Å². The Morgan fingerprint density at radius 2 is 1.96 bits per heavy atom. The molecule has 1 heterocycles. The summed E-state index contributed by atoms with van der Waals surface area (Å²) < 4.78 is 0. The Morgan fingerprint density at radius 1 is 1.24 bits per heavy atom. The minimum absolute atomic E-state index is 0.00855. The minimum atomic E-state index is -0.241. The number of amides is 2. The van der Waals surface area contributed by atoms with Gasteiger partial charge in [-0.2, -0.15) is 0 Å². The molecule has 138 valence electrons. The van der Waals surface area contributed by atoms with E-state index in [9.17, 15) is 9.59 Å². The molecule has 0 bridgehead atoms. The molecule has 1 atom stereocenters. The van der Waals surface area contributed by atoms with Crippen molar-refractivity contribution in [3.63, 3.8) is 0 Å². The molecule has 0 aliphatic carbocycles. The highest BCUT2D eigenvalue weighted by Gasteiger charge is 2.35. The fraction of sp³-hybridized carbons (Fsp3) is 0.600. The van der Waals surface area contributed by atoms with Crippen molar-refractivity contribution in [1.82, 2.24) is 5.32 Å². The number of aryl methyl sites for hydroxylation is 2. The lowest BCUT2D eigenvalue weighted by Gasteiger charge is -2.18. The number of anilines is 1. The quantitative estimate of drug-likeness (QED) is 0.693. The number of hydrogen-bond donors (Lipinski definition) is 2. The van der Waals surface area contributed by atoms with Gasteiger partial charge in [-0.25, -0.2) is 0 Å². The van der Waals surface area contributed by atoms with Gasteiger partial charge in [-0.15, -0.1) is 0 Å². The van der Waals surface area contributed by atoms with E-state index >= 15 is 0 Å². The van der Waals surface area contributed by atoms with Crippen LogP contribution in [0, 0.1) is 19.8 Å². The second-order valence-corrected chi connectivity index (χ2v) is 7.03. The zero-order valence-corrected chi connectivity index (χ0v) is 16.0. The standard InChI is InChI=1S/C20H31N3O2/c1-5-22(6-2)11-7-10-21-20(25)17-13-19(24)23(14-17)18-9-8-15(3)16(4)12-18/h8-9,12,17H,5-7,10-11,13-14H2,1-4H3,(H,21,25)/p+1/t17-/m0/s1. The molecule has 2 N–H and O–H groups in total. The van der Waals surface area contributed by atoms with Gasteiger partial charge in [-0.3, -0.25) is 9.59 Å². The van der Waals surface area contributed by atoms with Crippen molar-refractivity contribution in [1.29, 1.82) is 0 Å². The highest BCUT2D eigenvalue weighted by Crippen LogP contribution is 2.26. The predicted molar refractivity (Wildman–Crippen MR) is 101 cm³/mol. The Kier molecular flexibility index (Phi) is 7.00. The molecule has 0 saturated carbocycles. The van der Waals surface area contributed by atoms with Gasteiger partial charge < -0.3 is 15.1 Å². The number of hydrogen-bond acceptors (Lipinski definition) is 2. The van der Waals surface area contributed by atoms with Crippen LogP contribution in [-0.4, -0.2) is 44.5 Å². The number of nitrogens with zero attached hydrogens (tertiary/aromatic N) is 1. The molecule has 1 saturated heterocycles. The van der Waals surface area contributed by atoms with Crippen LogP contribution < -0.4 is 15.1 Å². The zero-order valence-electron chi connectivity index (χ0n) is 16.0. The SMILES string of the molecule is CC[NH+](CC)CCCNC(=O)[C@H]1CC(=O)N(c2ccc(C)c(C)c2)C1. The van der Waals surface area contributed by atoms with Crippen molar-refractivity contribution in [3.8, 4) is 0 Å². The first-order valence-corrected chi connectivity index (χ1v) is 9.45. The number of carbonyl (C=O) groups is 2. The highest BCUT2D eigenvalue weighted by molar-refractivity contribution is 6.00. The van der Waals surface area contributed by atoms with Crippen LogP contribution in [0.5, 0.6) is 0 Å². The maximum Gasteiger partial charge on any atom is 0.227 e. The van der Waals surface area contributed by atoms with Crippen molar-refractivity contribution in [3.05, 3.63) is 29.3 Å². The van der Waals surface area contributed by atoms with E-state index < -0.39 is 0 Å². The first-order valence-electron chi connectivity index (χ1n) is 9.45. The van der Waals surface area contributed by atoms with E-state index in [1.165, 1.54) is 5.56 Å². The molecule has 1 fully saturated rings. The molecule has 0 radical (unpaired) electrons. The first-order chi connectivity index (χ1) is 12.0. The van der Waals surface area contributed by atoms with Crippen LogP contribution in [-0.2, 0) is 9.59 Å². The molecule has 25 heavy (non-hydrogen) atoms. The number of carbonyl (C=O) groups excluding carboxylic acids is 2. The summed E-state index contributed by atoms with van der Waals surface area (Å²) in [7, 11) is 0. The number of benzene rings is 1. The molecule has 1 aromatic rings. The van der Waals surface area contributed by atoms with Gasteiger partial charge >= 0.3 is 0 Å². The molecule has 1 aromatic carbocycles. The maximum absolute atomic E-state index is 12.4. The van der Waals surface area contributed by atoms with Gasteiger partial charge in [0, 0.05) is 31.6 Å². The van der Waals surface area contributed by atoms with E-state index in [0.29, 0.717) is 19.5 Å². The summed E-state index contributed by atoms with van der Waals surface area (Å²) in [6.07, 6.45) is 1.28. The highest BCUT2D eigenvalue weighted by atomic mass is 16.2. The lowest BCUT2D eigenvalue weighted by Crippen LogP contribution is -3.11. The lowest BCUT2D eigenvalue weighted by atomic mass is 10.1. The van der Waals surface area contributed by atoms with Crippen LogP contribution in [0.2, 0.25) is 0 Å². The van der Waals surface area contributed by atoms with E-state index in [2.05, 4.69) is 26.1 Å². The Morgan fingerprint density at radius 3 is 2.60 bits per heavy atom. The third-order valence-corrected chi connectivity index (χ3v) is 5.30. The van der Waals surface area contributed by atoms with Crippen molar-refractivity contribution >= 4 is 17.5 Å². The first kappa shape index (κ1) is 19.4. The molecule has 1 aliphatic heterocycles. The van der Waals surface area contributed by atoms with Gasteiger partial charge in [0.25, 0.3) is 0 Å². The van der Waals surface area contributed by atoms with Crippen molar-refractivity contribution in [2.24, 2.45) is 5.92 Å². The minimum Gasteiger partial charge on any atom is -0.356 e. The van der Waals surface area contributed by atoms with E-state index in [0.717, 1.165) is 37.3 Å². The average Bonchev–Trinajstić information content (AvgIpc) is 2.99. The van der Waals surface area contributed by atoms with Gasteiger partial charge in [-0.1, -0.05) is 6.07 Å². The monoisotopic (exact) mass is 346 g/mol. The van der Waals surface area contributed by atoms with Crippen LogP contribution in [0.1, 0.15) is 37.8 Å². The van der Waals surface area contributed by atoms with Crippen molar-refractivity contribution in [2.45, 2.75) is 40.5 Å². The van der Waals surface area contributed by atoms with Crippen LogP contribution >= 0.6 is 0 Å². The average molecular weight is 346 g/mol. The van der Waals surface area contributed by atoms with Crippen LogP contribution in [0.3, 0.4) is 0 Å². The van der Waals surface area contributed by atoms with E-state index in [-0.39, 0.29) is 17.7 Å². The smallest absolute Gasteiger partial charge is 0.227 e. The van der Waals surface area contributed by atoms with Crippen LogP contribution in [0.4, 0.5) is 5.69 Å². The number of rotatable bonds is 8. The summed E-state index contributed by atoms with van der Waals surface area (Å²) in [4.78, 5) is 28.0. The summed E-state index contributed by atoms with van der Waals surface area (Å²) in [5.74, 6) is -0.194. The molecule has 5 nitrogen and oxygen atoms in total. The molecule has 2 rings (SSSR count). The van der Waals surface area contributed by atoms with Gasteiger partial charge in [-0.05, 0) is 51.0 Å². The second kappa shape index (κ2) is 8.99. The largest absolute Gasteiger partial charge is 0.356 e. The Labute approximate surface area is 151 Å². The van der Waals surface area contributed by atoms with E-state index in [1.807, 2.05) is 25.1 Å². The normalized spacial score (nSPS) is 17.4. The molecule has 2 amide bonds. The van der Waals surface area contributed by atoms with Crippen molar-refractivity contribution in [2.75, 3.05) is 37.6 Å². The third kappa shape index (κ3) is 5.05. The summed E-state index contributed by atoms with van der Waals surface area (Å²) in [5, 5.41) is 3.01. The predicted octanol–water partition coefficient (Wildman–Crippen LogP) is 1.09. The van der Waals surface area contributed by atoms with Crippen LogP contribution in [0.25, 0.3) is 0 Å². The summed E-state index contributed by atoms with van der Waals surface area (Å²) >= 11 is 0. The molecule has 1 aliphatic rings. The Bertz CT molecular complexity index is 611. The molecule has 0 unspecified atom stereocenters. The number of quaternary nitrogens is 1. The van der Waals surface area contributed by atoms with Crippen LogP contribution in [0.15, 0.2) is 18.2 Å². The fourth-order valence-electron chi connectivity index (χ4n) is 3.32. The zero-order chi connectivity index (χ0) is 18.4. The topological polar surface area (TPSA) is 53.9 Å². The summed E-state index contributed by atoms with van der Waals surface area (Å²) in [6, 6.07) is 6.02. The van der Waals surface area contributed by atoms with Gasteiger partial charge in [0.1, 0.15) is 0 Å².